The molecule has 1 saturated heterocycles. The predicted octanol–water partition coefficient (Wildman–Crippen LogP) is 6.00. The van der Waals surface area contributed by atoms with Crippen molar-refractivity contribution < 1.29 is 19.0 Å². The van der Waals surface area contributed by atoms with Crippen LogP contribution in [-0.2, 0) is 35.3 Å². The smallest absolute Gasteiger partial charge is 0.411 e. The van der Waals surface area contributed by atoms with E-state index in [2.05, 4.69) is 41.5 Å². The molecule has 1 aliphatic heterocycles. The molecule has 220 valence electrons. The molecule has 0 bridgehead atoms. The minimum Gasteiger partial charge on any atom is -0.497 e. The second kappa shape index (κ2) is 14.0. The fourth-order valence-electron chi connectivity index (χ4n) is 4.86. The van der Waals surface area contributed by atoms with Crippen molar-refractivity contribution in [3.63, 3.8) is 0 Å². The zero-order valence-corrected chi connectivity index (χ0v) is 25.1. The maximum absolute atomic E-state index is 12.3. The molecule has 1 amide bonds. The lowest BCUT2D eigenvalue weighted by Crippen LogP contribution is -2.36. The molecule has 2 N–H and O–H groups in total. The number of aromatic nitrogens is 2. The molecule has 0 radical (unpaired) electrons. The van der Waals surface area contributed by atoms with E-state index in [4.69, 9.17) is 24.2 Å². The summed E-state index contributed by atoms with van der Waals surface area (Å²) in [6.45, 7) is 8.48. The van der Waals surface area contributed by atoms with Crippen LogP contribution in [0.4, 0.5) is 22.0 Å². The first kappa shape index (κ1) is 29.1. The van der Waals surface area contributed by atoms with Gasteiger partial charge in [-0.2, -0.15) is 0 Å². The Morgan fingerprint density at radius 1 is 1.10 bits per heavy atom. The summed E-state index contributed by atoms with van der Waals surface area (Å²) in [5.74, 6) is 1.99. The normalized spacial score (nSPS) is 15.0. The van der Waals surface area contributed by atoms with Crippen molar-refractivity contribution in [3.8, 4) is 5.75 Å². The van der Waals surface area contributed by atoms with Gasteiger partial charge >= 0.3 is 6.09 Å². The van der Waals surface area contributed by atoms with Gasteiger partial charge in [-0.3, -0.25) is 5.32 Å². The third-order valence-electron chi connectivity index (χ3n) is 7.32. The molecule has 1 saturated carbocycles. The molecule has 41 heavy (non-hydrogen) atoms. The number of morpholine rings is 1. The number of carbonyl (C=O) groups is 1. The second-order valence-electron chi connectivity index (χ2n) is 10.8. The summed E-state index contributed by atoms with van der Waals surface area (Å²) in [4.78, 5) is 25.8. The standard InChI is InChI=1S/C31H41N5O4S/c1-4-5-28-21(2)33-30(41-28)9-8-24-16-26(36-10-12-39-13-11-36)18-29(34-24)32-19-23-14-25(17-27(15-23)38-3)35-31(37)40-20-22-6-7-22/h14-18,22H,4-13,19-20H2,1-3H3,(H,32,34)(H,35,37). The summed E-state index contributed by atoms with van der Waals surface area (Å²) in [5, 5.41) is 7.52. The molecule has 2 aliphatic rings. The van der Waals surface area contributed by atoms with Gasteiger partial charge in [-0.05, 0) is 62.3 Å². The van der Waals surface area contributed by atoms with Crippen molar-refractivity contribution in [1.82, 2.24) is 9.97 Å². The largest absolute Gasteiger partial charge is 0.497 e. The molecule has 2 fully saturated rings. The molecule has 2 aromatic heterocycles. The molecule has 1 aromatic carbocycles. The minimum absolute atomic E-state index is 0.439. The average molecular weight is 580 g/mol. The van der Waals surface area contributed by atoms with Crippen LogP contribution >= 0.6 is 11.3 Å². The van der Waals surface area contributed by atoms with Crippen molar-refractivity contribution in [3.05, 3.63) is 57.2 Å². The number of hydrogen-bond acceptors (Lipinski definition) is 9. The Morgan fingerprint density at radius 3 is 2.68 bits per heavy atom. The number of benzene rings is 1. The third-order valence-corrected chi connectivity index (χ3v) is 8.59. The van der Waals surface area contributed by atoms with Crippen molar-refractivity contribution in [2.45, 2.75) is 58.9 Å². The summed E-state index contributed by atoms with van der Waals surface area (Å²) in [6, 6.07) is 9.99. The zero-order valence-electron chi connectivity index (χ0n) is 24.3. The number of methoxy groups -OCH3 is 1. The monoisotopic (exact) mass is 579 g/mol. The van der Waals surface area contributed by atoms with Gasteiger partial charge in [0.15, 0.2) is 0 Å². The second-order valence-corrected chi connectivity index (χ2v) is 11.9. The molecule has 0 spiro atoms. The average Bonchev–Trinajstić information content (AvgIpc) is 3.76. The summed E-state index contributed by atoms with van der Waals surface area (Å²) < 4.78 is 16.4. The van der Waals surface area contributed by atoms with Crippen LogP contribution in [0.3, 0.4) is 0 Å². The van der Waals surface area contributed by atoms with Gasteiger partial charge in [-0.25, -0.2) is 14.8 Å². The maximum atomic E-state index is 12.3. The highest BCUT2D eigenvalue weighted by Gasteiger charge is 2.23. The number of pyridine rings is 1. The molecule has 3 aromatic rings. The van der Waals surface area contributed by atoms with Crippen molar-refractivity contribution in [2.75, 3.05) is 55.6 Å². The highest BCUT2D eigenvalue weighted by atomic mass is 32.1. The van der Waals surface area contributed by atoms with Gasteiger partial charge in [0.2, 0.25) is 0 Å². The van der Waals surface area contributed by atoms with E-state index in [9.17, 15) is 4.79 Å². The van der Waals surface area contributed by atoms with E-state index in [1.807, 2.05) is 23.5 Å². The molecule has 3 heterocycles. The summed E-state index contributed by atoms with van der Waals surface area (Å²) in [7, 11) is 1.62. The fourth-order valence-corrected chi connectivity index (χ4v) is 6.03. The minimum atomic E-state index is -0.439. The van der Waals surface area contributed by atoms with Crippen molar-refractivity contribution >= 4 is 34.6 Å². The first-order valence-electron chi connectivity index (χ1n) is 14.6. The van der Waals surface area contributed by atoms with Gasteiger partial charge < -0.3 is 24.4 Å². The first-order chi connectivity index (χ1) is 20.0. The number of anilines is 3. The van der Waals surface area contributed by atoms with E-state index in [1.165, 1.54) is 9.88 Å². The number of nitrogens with zero attached hydrogens (tertiary/aromatic N) is 3. The topological polar surface area (TPSA) is 97.8 Å². The van der Waals surface area contributed by atoms with Gasteiger partial charge in [0, 0.05) is 60.1 Å². The van der Waals surface area contributed by atoms with Crippen LogP contribution < -0.4 is 20.3 Å². The van der Waals surface area contributed by atoms with Crippen LogP contribution in [0.15, 0.2) is 30.3 Å². The summed E-state index contributed by atoms with van der Waals surface area (Å²) in [6.07, 6.45) is 5.74. The summed E-state index contributed by atoms with van der Waals surface area (Å²) in [5.41, 5.74) is 4.94. The Labute approximate surface area is 246 Å². The van der Waals surface area contributed by atoms with Crippen molar-refractivity contribution in [2.24, 2.45) is 5.92 Å². The Kier molecular flexibility index (Phi) is 9.95. The molecule has 1 aliphatic carbocycles. The molecular formula is C31H41N5O4S. The molecule has 0 unspecified atom stereocenters. The molecule has 0 atom stereocenters. The number of nitrogens with one attached hydrogen (secondary N) is 2. The van der Waals surface area contributed by atoms with E-state index in [0.717, 1.165) is 93.3 Å². The van der Waals surface area contributed by atoms with Crippen LogP contribution in [-0.4, -0.2) is 56.1 Å². The van der Waals surface area contributed by atoms with Crippen LogP contribution in [0.5, 0.6) is 5.75 Å². The molecule has 10 heteroatoms. The number of hydrogen-bond donors (Lipinski definition) is 2. The number of aryl methyl sites for hydroxylation is 4. The van der Waals surface area contributed by atoms with Gasteiger partial charge in [0.25, 0.3) is 0 Å². The van der Waals surface area contributed by atoms with Gasteiger partial charge in [0.05, 0.1) is 37.6 Å². The number of ether oxygens (including phenoxy) is 3. The summed E-state index contributed by atoms with van der Waals surface area (Å²) >= 11 is 1.83. The van der Waals surface area contributed by atoms with Gasteiger partial charge in [-0.15, -0.1) is 11.3 Å². The Balaban J connectivity index is 1.29. The van der Waals surface area contributed by atoms with Gasteiger partial charge in [-0.1, -0.05) is 13.3 Å². The van der Waals surface area contributed by atoms with Crippen LogP contribution in [0.1, 0.15) is 53.0 Å². The molecule has 5 rings (SSSR count). The van der Waals surface area contributed by atoms with E-state index < -0.39 is 6.09 Å². The Hall–Kier alpha value is -3.37. The Bertz CT molecular complexity index is 1320. The highest BCUT2D eigenvalue weighted by Crippen LogP contribution is 2.29. The number of carbonyl (C=O) groups excluding carboxylic acids is 1. The lowest BCUT2D eigenvalue weighted by Gasteiger charge is -2.29. The Morgan fingerprint density at radius 2 is 1.93 bits per heavy atom. The van der Waals surface area contributed by atoms with E-state index in [-0.39, 0.29) is 0 Å². The van der Waals surface area contributed by atoms with E-state index in [1.54, 1.807) is 13.2 Å². The SMILES string of the molecule is CCCc1sc(CCc2cc(N3CCOCC3)cc(NCc3cc(NC(=O)OCC4CC4)cc(OC)c3)n2)nc1C. The van der Waals surface area contributed by atoms with Crippen molar-refractivity contribution in [1.29, 1.82) is 0 Å². The maximum Gasteiger partial charge on any atom is 0.411 e. The first-order valence-corrected chi connectivity index (χ1v) is 15.4. The molecule has 9 nitrogen and oxygen atoms in total. The number of thiazole rings is 1. The number of amides is 1. The lowest BCUT2D eigenvalue weighted by atomic mass is 10.1. The number of rotatable bonds is 13. The van der Waals surface area contributed by atoms with Gasteiger partial charge in [0.1, 0.15) is 11.6 Å². The van der Waals surface area contributed by atoms with Crippen LogP contribution in [0.2, 0.25) is 0 Å². The van der Waals surface area contributed by atoms with Crippen LogP contribution in [0.25, 0.3) is 0 Å². The lowest BCUT2D eigenvalue weighted by molar-refractivity contribution is 0.122. The zero-order chi connectivity index (χ0) is 28.6. The highest BCUT2D eigenvalue weighted by molar-refractivity contribution is 7.11. The van der Waals surface area contributed by atoms with E-state index in [0.29, 0.717) is 30.5 Å². The van der Waals surface area contributed by atoms with Crippen LogP contribution in [0, 0.1) is 12.8 Å². The predicted molar refractivity (Wildman–Crippen MR) is 164 cm³/mol. The quantitative estimate of drug-likeness (QED) is 0.255. The molecular weight excluding hydrogens is 538 g/mol. The third kappa shape index (κ3) is 8.56. The van der Waals surface area contributed by atoms with E-state index >= 15 is 0 Å². The fraction of sp³-hybridized carbons (Fsp3) is 0.516.